The van der Waals surface area contributed by atoms with E-state index in [1.807, 2.05) is 11.9 Å². The summed E-state index contributed by atoms with van der Waals surface area (Å²) in [5.41, 5.74) is 5.14. The molecular weight excluding hydrogens is 148 g/mol. The number of likely N-dealkylation sites (tertiary alicyclic amines) is 1. The van der Waals surface area contributed by atoms with Gasteiger partial charge in [0.05, 0.1) is 6.04 Å². The van der Waals surface area contributed by atoms with Crippen LogP contribution < -0.4 is 5.73 Å². The van der Waals surface area contributed by atoms with Gasteiger partial charge in [-0.3, -0.25) is 9.69 Å². The molecule has 0 aromatic rings. The van der Waals surface area contributed by atoms with Crippen LogP contribution in [-0.2, 0) is 4.79 Å². The first-order valence-corrected chi connectivity index (χ1v) is 3.80. The van der Waals surface area contributed by atoms with Crippen molar-refractivity contribution in [2.24, 2.45) is 5.73 Å². The Morgan fingerprint density at radius 3 is 2.60 bits per heavy atom. The molecule has 58 valence electrons. The Labute approximate surface area is 66.0 Å². The number of thiol groups is 1. The Morgan fingerprint density at radius 2 is 2.40 bits per heavy atom. The number of primary amides is 1. The van der Waals surface area contributed by atoms with Gasteiger partial charge >= 0.3 is 0 Å². The van der Waals surface area contributed by atoms with Gasteiger partial charge < -0.3 is 5.73 Å². The van der Waals surface area contributed by atoms with E-state index in [1.165, 1.54) is 0 Å². The lowest BCUT2D eigenvalue weighted by Gasteiger charge is -2.14. The number of nitrogens with two attached hydrogens (primary N) is 1. The fourth-order valence-electron chi connectivity index (χ4n) is 1.31. The number of carbonyl (C=O) groups excluding carboxylic acids is 1. The molecule has 3 nitrogen and oxygen atoms in total. The van der Waals surface area contributed by atoms with E-state index >= 15 is 0 Å². The molecule has 1 aliphatic heterocycles. The van der Waals surface area contributed by atoms with Crippen molar-refractivity contribution in [2.45, 2.75) is 17.7 Å². The molecule has 1 heterocycles. The van der Waals surface area contributed by atoms with Crippen LogP contribution in [0.3, 0.4) is 0 Å². The molecular formula is C6H12N2OS. The van der Waals surface area contributed by atoms with E-state index in [-0.39, 0.29) is 11.9 Å². The average Bonchev–Trinajstić information content (AvgIpc) is 2.10. The van der Waals surface area contributed by atoms with Gasteiger partial charge in [0.25, 0.3) is 0 Å². The molecule has 1 fully saturated rings. The van der Waals surface area contributed by atoms with Gasteiger partial charge in [0.2, 0.25) is 5.91 Å². The summed E-state index contributed by atoms with van der Waals surface area (Å²) in [6.07, 6.45) is 0.787. The molecule has 1 amide bonds. The zero-order chi connectivity index (χ0) is 7.72. The standard InChI is InChI=1S/C6H12N2OS/c1-8-3-4(10)2-5(8)6(7)9/h4-5,10H,2-3H2,1H3,(H2,7,9)/t4-,5-/m0/s1. The van der Waals surface area contributed by atoms with Crippen LogP contribution in [0.25, 0.3) is 0 Å². The third-order valence-electron chi connectivity index (χ3n) is 1.85. The molecule has 4 heteroatoms. The SMILES string of the molecule is CN1C[C@@H](S)C[C@H]1C(N)=O. The van der Waals surface area contributed by atoms with Gasteiger partial charge in [-0.25, -0.2) is 0 Å². The fraction of sp³-hybridized carbons (Fsp3) is 0.833. The molecule has 0 radical (unpaired) electrons. The second-order valence-corrected chi connectivity index (χ2v) is 3.48. The van der Waals surface area contributed by atoms with Gasteiger partial charge in [-0.1, -0.05) is 0 Å². The molecule has 1 rings (SSSR count). The minimum Gasteiger partial charge on any atom is -0.368 e. The zero-order valence-corrected chi connectivity index (χ0v) is 6.84. The Balaban J connectivity index is 2.54. The third kappa shape index (κ3) is 1.44. The van der Waals surface area contributed by atoms with Crippen molar-refractivity contribution < 1.29 is 4.79 Å². The smallest absolute Gasteiger partial charge is 0.234 e. The minimum atomic E-state index is -0.237. The molecule has 1 saturated heterocycles. The average molecular weight is 160 g/mol. The number of nitrogens with zero attached hydrogens (tertiary/aromatic N) is 1. The zero-order valence-electron chi connectivity index (χ0n) is 5.95. The molecule has 0 bridgehead atoms. The Bertz CT molecular complexity index is 151. The van der Waals surface area contributed by atoms with Crippen LogP contribution in [0.15, 0.2) is 0 Å². The van der Waals surface area contributed by atoms with E-state index in [4.69, 9.17) is 5.73 Å². The van der Waals surface area contributed by atoms with Crippen molar-refractivity contribution in [3.05, 3.63) is 0 Å². The number of likely N-dealkylation sites (N-methyl/N-ethyl adjacent to an activating group) is 1. The highest BCUT2D eigenvalue weighted by Gasteiger charge is 2.30. The second-order valence-electron chi connectivity index (χ2n) is 2.75. The summed E-state index contributed by atoms with van der Waals surface area (Å²) >= 11 is 4.26. The van der Waals surface area contributed by atoms with E-state index in [2.05, 4.69) is 12.6 Å². The van der Waals surface area contributed by atoms with Crippen LogP contribution >= 0.6 is 12.6 Å². The highest BCUT2D eigenvalue weighted by Crippen LogP contribution is 2.18. The highest BCUT2D eigenvalue weighted by molar-refractivity contribution is 7.81. The summed E-state index contributed by atoms with van der Waals surface area (Å²) in [7, 11) is 1.89. The Kier molecular flexibility index (Phi) is 2.21. The van der Waals surface area contributed by atoms with E-state index < -0.39 is 0 Å². The van der Waals surface area contributed by atoms with Gasteiger partial charge in [0.1, 0.15) is 0 Å². The van der Waals surface area contributed by atoms with Crippen molar-refractivity contribution in [1.29, 1.82) is 0 Å². The fourth-order valence-corrected chi connectivity index (χ4v) is 1.76. The minimum absolute atomic E-state index is 0.0949. The summed E-state index contributed by atoms with van der Waals surface area (Å²) in [5.74, 6) is -0.237. The quantitative estimate of drug-likeness (QED) is 0.507. The lowest BCUT2D eigenvalue weighted by Crippen LogP contribution is -2.37. The number of hydrogen-bond donors (Lipinski definition) is 2. The van der Waals surface area contributed by atoms with Crippen molar-refractivity contribution in [3.63, 3.8) is 0 Å². The summed E-state index contributed by atoms with van der Waals surface area (Å²) in [5, 5.41) is 0.308. The molecule has 0 aromatic carbocycles. The highest BCUT2D eigenvalue weighted by atomic mass is 32.1. The van der Waals surface area contributed by atoms with E-state index in [0.29, 0.717) is 5.25 Å². The van der Waals surface area contributed by atoms with Gasteiger partial charge in [-0.05, 0) is 13.5 Å². The van der Waals surface area contributed by atoms with Gasteiger partial charge in [0.15, 0.2) is 0 Å². The maximum Gasteiger partial charge on any atom is 0.234 e. The first-order chi connectivity index (χ1) is 4.61. The van der Waals surface area contributed by atoms with E-state index in [9.17, 15) is 4.79 Å². The second kappa shape index (κ2) is 2.80. The molecule has 0 unspecified atom stereocenters. The van der Waals surface area contributed by atoms with Crippen LogP contribution in [0.1, 0.15) is 6.42 Å². The maximum atomic E-state index is 10.7. The lowest BCUT2D eigenvalue weighted by atomic mass is 10.2. The van der Waals surface area contributed by atoms with Gasteiger partial charge in [0, 0.05) is 11.8 Å². The van der Waals surface area contributed by atoms with Crippen LogP contribution in [0.4, 0.5) is 0 Å². The normalized spacial score (nSPS) is 34.6. The third-order valence-corrected chi connectivity index (χ3v) is 2.23. The molecule has 0 aromatic heterocycles. The Hall–Kier alpha value is -0.220. The number of carbonyl (C=O) groups is 1. The van der Waals surface area contributed by atoms with Crippen LogP contribution in [0, 0.1) is 0 Å². The Morgan fingerprint density at radius 1 is 1.80 bits per heavy atom. The molecule has 2 atom stereocenters. The summed E-state index contributed by atoms with van der Waals surface area (Å²) in [4.78, 5) is 12.6. The van der Waals surface area contributed by atoms with Gasteiger partial charge in [-0.15, -0.1) is 0 Å². The van der Waals surface area contributed by atoms with Crippen molar-refractivity contribution in [3.8, 4) is 0 Å². The van der Waals surface area contributed by atoms with Gasteiger partial charge in [-0.2, -0.15) is 12.6 Å². The van der Waals surface area contributed by atoms with Crippen molar-refractivity contribution in [1.82, 2.24) is 4.90 Å². The predicted molar refractivity (Wildman–Crippen MR) is 43.0 cm³/mol. The predicted octanol–water partition coefficient (Wildman–Crippen LogP) is -0.526. The van der Waals surface area contributed by atoms with Crippen molar-refractivity contribution >= 4 is 18.5 Å². The molecule has 0 aliphatic carbocycles. The lowest BCUT2D eigenvalue weighted by molar-refractivity contribution is -0.121. The molecule has 0 spiro atoms. The van der Waals surface area contributed by atoms with E-state index in [1.54, 1.807) is 0 Å². The largest absolute Gasteiger partial charge is 0.368 e. The maximum absolute atomic E-state index is 10.7. The first kappa shape index (κ1) is 7.88. The molecule has 2 N–H and O–H groups in total. The number of rotatable bonds is 1. The van der Waals surface area contributed by atoms with Crippen LogP contribution in [0.2, 0.25) is 0 Å². The van der Waals surface area contributed by atoms with E-state index in [0.717, 1.165) is 13.0 Å². The molecule has 10 heavy (non-hydrogen) atoms. The van der Waals surface area contributed by atoms with Crippen LogP contribution in [0.5, 0.6) is 0 Å². The summed E-state index contributed by atoms with van der Waals surface area (Å²) < 4.78 is 0. The molecule has 0 saturated carbocycles. The number of amides is 1. The van der Waals surface area contributed by atoms with Crippen LogP contribution in [-0.4, -0.2) is 35.7 Å². The topological polar surface area (TPSA) is 46.3 Å². The number of hydrogen-bond acceptors (Lipinski definition) is 3. The summed E-state index contributed by atoms with van der Waals surface area (Å²) in [6, 6.07) is -0.0949. The summed E-state index contributed by atoms with van der Waals surface area (Å²) in [6.45, 7) is 0.858. The first-order valence-electron chi connectivity index (χ1n) is 3.29. The van der Waals surface area contributed by atoms with Crippen molar-refractivity contribution in [2.75, 3.05) is 13.6 Å². The molecule has 1 aliphatic rings. The monoisotopic (exact) mass is 160 g/mol.